The maximum atomic E-state index is 12.3. The van der Waals surface area contributed by atoms with E-state index in [1.54, 1.807) is 6.20 Å². The van der Waals surface area contributed by atoms with Gasteiger partial charge in [0.05, 0.1) is 10.7 Å². The van der Waals surface area contributed by atoms with E-state index in [0.717, 1.165) is 31.6 Å². The first-order valence-corrected chi connectivity index (χ1v) is 7.39. The lowest BCUT2D eigenvalue weighted by Gasteiger charge is -2.11. The molecule has 0 fully saturated rings. The van der Waals surface area contributed by atoms with Gasteiger partial charge < -0.3 is 15.6 Å². The Hall–Kier alpha value is -2.34. The second-order valence-corrected chi connectivity index (χ2v) is 5.61. The van der Waals surface area contributed by atoms with Gasteiger partial charge >= 0.3 is 0 Å². The van der Waals surface area contributed by atoms with Crippen molar-refractivity contribution in [2.24, 2.45) is 5.73 Å². The molecule has 6 nitrogen and oxygen atoms in total. The van der Waals surface area contributed by atoms with Gasteiger partial charge in [0, 0.05) is 24.7 Å². The second kappa shape index (κ2) is 5.81. The first kappa shape index (κ1) is 14.6. The van der Waals surface area contributed by atoms with Crippen molar-refractivity contribution in [1.82, 2.24) is 9.55 Å². The fourth-order valence-corrected chi connectivity index (χ4v) is 2.65. The van der Waals surface area contributed by atoms with E-state index < -0.39 is 5.91 Å². The molecule has 0 radical (unpaired) electrons. The number of carbonyl (C=O) groups excluding carboxylic acids is 2. The summed E-state index contributed by atoms with van der Waals surface area (Å²) < 4.78 is 2.00. The third-order valence-corrected chi connectivity index (χ3v) is 3.97. The minimum Gasteiger partial charge on any atom is -0.366 e. The van der Waals surface area contributed by atoms with Crippen LogP contribution >= 0.6 is 11.6 Å². The fraction of sp³-hybridized carbons (Fsp3) is 0.267. The number of anilines is 1. The van der Waals surface area contributed by atoms with Gasteiger partial charge in [0.15, 0.2) is 0 Å². The monoisotopic (exact) mass is 318 g/mol. The summed E-state index contributed by atoms with van der Waals surface area (Å²) in [5.41, 5.74) is 6.20. The predicted octanol–water partition coefficient (Wildman–Crippen LogP) is 2.22. The molecule has 0 unspecified atom stereocenters. The summed E-state index contributed by atoms with van der Waals surface area (Å²) in [5.74, 6) is -0.0107. The molecule has 1 aromatic heterocycles. The van der Waals surface area contributed by atoms with Gasteiger partial charge in [-0.05, 0) is 31.0 Å². The van der Waals surface area contributed by atoms with E-state index in [2.05, 4.69) is 10.3 Å². The summed E-state index contributed by atoms with van der Waals surface area (Å²) in [6.45, 7) is 0.882. The van der Waals surface area contributed by atoms with Crippen LogP contribution in [0.2, 0.25) is 5.02 Å². The average Bonchev–Trinajstić information content (AvgIpc) is 2.93. The number of rotatable bonds is 3. The molecule has 1 aliphatic rings. The third kappa shape index (κ3) is 2.82. The van der Waals surface area contributed by atoms with Crippen molar-refractivity contribution in [3.63, 3.8) is 0 Å². The lowest BCUT2D eigenvalue weighted by atomic mass is 10.2. The molecule has 22 heavy (non-hydrogen) atoms. The summed E-state index contributed by atoms with van der Waals surface area (Å²) in [7, 11) is 0. The highest BCUT2D eigenvalue weighted by Gasteiger charge is 2.18. The standard InChI is InChI=1S/C15H15ClN4O2/c16-10-5-4-9(14(17)21)7-11(10)19-15(22)12-8-20-6-2-1-3-13(20)18-12/h4-5,7-8H,1-3,6H2,(H2,17,21)(H,19,22). The van der Waals surface area contributed by atoms with Crippen LogP contribution in [0.25, 0.3) is 0 Å². The number of imidazole rings is 1. The fourth-order valence-electron chi connectivity index (χ4n) is 2.48. The summed E-state index contributed by atoms with van der Waals surface area (Å²) >= 11 is 6.04. The second-order valence-electron chi connectivity index (χ2n) is 5.21. The van der Waals surface area contributed by atoms with E-state index in [-0.39, 0.29) is 11.5 Å². The Balaban J connectivity index is 1.83. The molecule has 7 heteroatoms. The number of hydrogen-bond donors (Lipinski definition) is 2. The van der Waals surface area contributed by atoms with Crippen LogP contribution in [0.15, 0.2) is 24.4 Å². The van der Waals surface area contributed by atoms with Gasteiger partial charge in [-0.25, -0.2) is 4.98 Å². The molecule has 2 amide bonds. The molecule has 2 heterocycles. The van der Waals surface area contributed by atoms with Crippen LogP contribution in [0.3, 0.4) is 0 Å². The molecule has 0 saturated carbocycles. The van der Waals surface area contributed by atoms with E-state index in [0.29, 0.717) is 16.4 Å². The van der Waals surface area contributed by atoms with E-state index in [9.17, 15) is 9.59 Å². The van der Waals surface area contributed by atoms with Crippen molar-refractivity contribution in [2.75, 3.05) is 5.32 Å². The van der Waals surface area contributed by atoms with Crippen LogP contribution < -0.4 is 11.1 Å². The zero-order valence-corrected chi connectivity index (χ0v) is 12.6. The Morgan fingerprint density at radius 3 is 2.86 bits per heavy atom. The third-order valence-electron chi connectivity index (χ3n) is 3.64. The summed E-state index contributed by atoms with van der Waals surface area (Å²) in [6, 6.07) is 4.49. The highest BCUT2D eigenvalue weighted by Crippen LogP contribution is 2.24. The number of aryl methyl sites for hydroxylation is 2. The van der Waals surface area contributed by atoms with Gasteiger partial charge in [-0.15, -0.1) is 0 Å². The zero-order valence-electron chi connectivity index (χ0n) is 11.8. The molecule has 0 saturated heterocycles. The highest BCUT2D eigenvalue weighted by molar-refractivity contribution is 6.34. The number of nitrogens with one attached hydrogen (secondary N) is 1. The van der Waals surface area contributed by atoms with Crippen molar-refractivity contribution >= 4 is 29.1 Å². The first-order valence-electron chi connectivity index (χ1n) is 7.01. The van der Waals surface area contributed by atoms with E-state index in [1.807, 2.05) is 4.57 Å². The van der Waals surface area contributed by atoms with E-state index >= 15 is 0 Å². The number of nitrogens with two attached hydrogens (primary N) is 1. The van der Waals surface area contributed by atoms with Crippen LogP contribution in [0.1, 0.15) is 39.5 Å². The molecule has 114 valence electrons. The number of hydrogen-bond acceptors (Lipinski definition) is 3. The normalized spacial score (nSPS) is 13.5. The van der Waals surface area contributed by atoms with Crippen molar-refractivity contribution in [3.8, 4) is 0 Å². The molecule has 1 aromatic carbocycles. The van der Waals surface area contributed by atoms with Crippen LogP contribution in [0.4, 0.5) is 5.69 Å². The lowest BCUT2D eigenvalue weighted by molar-refractivity contribution is 0.0995. The molecule has 3 N–H and O–H groups in total. The number of fused-ring (bicyclic) bond motifs is 1. The van der Waals surface area contributed by atoms with Crippen LogP contribution in [-0.2, 0) is 13.0 Å². The lowest BCUT2D eigenvalue weighted by Crippen LogP contribution is -2.15. The summed E-state index contributed by atoms with van der Waals surface area (Å²) in [5, 5.41) is 3.01. The molecule has 0 aliphatic carbocycles. The van der Waals surface area contributed by atoms with Crippen molar-refractivity contribution in [3.05, 3.63) is 46.5 Å². The Labute approximate surface area is 132 Å². The van der Waals surface area contributed by atoms with Gasteiger partial charge in [-0.3, -0.25) is 9.59 Å². The molecule has 2 aromatic rings. The predicted molar refractivity (Wildman–Crippen MR) is 83.1 cm³/mol. The van der Waals surface area contributed by atoms with Crippen LogP contribution in [-0.4, -0.2) is 21.4 Å². The highest BCUT2D eigenvalue weighted by atomic mass is 35.5. The molecule has 1 aliphatic heterocycles. The minimum atomic E-state index is -0.579. The molecule has 0 bridgehead atoms. The van der Waals surface area contributed by atoms with Gasteiger partial charge in [0.25, 0.3) is 5.91 Å². The number of benzene rings is 1. The van der Waals surface area contributed by atoms with Gasteiger partial charge in [-0.1, -0.05) is 11.6 Å². The minimum absolute atomic E-state index is 0.281. The summed E-state index contributed by atoms with van der Waals surface area (Å²) in [4.78, 5) is 27.9. The SMILES string of the molecule is NC(=O)c1ccc(Cl)c(NC(=O)c2cn3c(n2)CCCC3)c1. The molecular formula is C15H15ClN4O2. The number of carbonyl (C=O) groups is 2. The Bertz CT molecular complexity index is 730. The number of primary amides is 1. The van der Waals surface area contributed by atoms with Crippen LogP contribution in [0.5, 0.6) is 0 Å². The van der Waals surface area contributed by atoms with Crippen molar-refractivity contribution < 1.29 is 9.59 Å². The molecule has 0 atom stereocenters. The van der Waals surface area contributed by atoms with E-state index in [4.69, 9.17) is 17.3 Å². The van der Waals surface area contributed by atoms with Gasteiger partial charge in [0.2, 0.25) is 5.91 Å². The largest absolute Gasteiger partial charge is 0.366 e. The smallest absolute Gasteiger partial charge is 0.275 e. The average molecular weight is 319 g/mol. The van der Waals surface area contributed by atoms with Gasteiger partial charge in [-0.2, -0.15) is 0 Å². The molecule has 3 rings (SSSR count). The number of nitrogens with zero attached hydrogens (tertiary/aromatic N) is 2. The molecular weight excluding hydrogens is 304 g/mol. The van der Waals surface area contributed by atoms with Crippen molar-refractivity contribution in [2.45, 2.75) is 25.8 Å². The Morgan fingerprint density at radius 2 is 2.14 bits per heavy atom. The first-order chi connectivity index (χ1) is 10.5. The zero-order chi connectivity index (χ0) is 15.7. The number of amides is 2. The van der Waals surface area contributed by atoms with Crippen molar-refractivity contribution in [1.29, 1.82) is 0 Å². The summed E-state index contributed by atoms with van der Waals surface area (Å²) in [6.07, 6.45) is 4.81. The van der Waals surface area contributed by atoms with Gasteiger partial charge in [0.1, 0.15) is 11.5 Å². The van der Waals surface area contributed by atoms with Crippen LogP contribution in [0, 0.1) is 0 Å². The van der Waals surface area contributed by atoms with E-state index in [1.165, 1.54) is 18.2 Å². The molecule has 0 spiro atoms. The quantitative estimate of drug-likeness (QED) is 0.909. The maximum Gasteiger partial charge on any atom is 0.275 e. The Kier molecular flexibility index (Phi) is 3.85. The Morgan fingerprint density at radius 1 is 1.32 bits per heavy atom. The topological polar surface area (TPSA) is 90.0 Å². The number of halogens is 1. The maximum absolute atomic E-state index is 12.3. The number of aromatic nitrogens is 2.